The largest absolute Gasteiger partial charge is 0.463 e. The predicted octanol–water partition coefficient (Wildman–Crippen LogP) is 6.56. The lowest BCUT2D eigenvalue weighted by Gasteiger charge is -2.22. The van der Waals surface area contributed by atoms with Crippen LogP contribution in [0, 0.1) is 5.82 Å². The zero-order chi connectivity index (χ0) is 27.0. The molecule has 194 valence electrons. The zero-order valence-electron chi connectivity index (χ0n) is 20.7. The highest BCUT2D eigenvalue weighted by Crippen LogP contribution is 2.45. The van der Waals surface area contributed by atoms with E-state index in [9.17, 15) is 14.0 Å². The second-order valence-corrected chi connectivity index (χ2v) is 10.0. The van der Waals surface area contributed by atoms with Crippen LogP contribution >= 0.6 is 11.6 Å². The Morgan fingerprint density at radius 1 is 0.897 bits per heavy atom. The number of carbonyl (C=O) groups is 2. The third-order valence-electron chi connectivity index (χ3n) is 7.03. The van der Waals surface area contributed by atoms with Crippen LogP contribution in [0.4, 0.5) is 4.39 Å². The van der Waals surface area contributed by atoms with Crippen molar-refractivity contribution in [1.82, 2.24) is 15.6 Å². The van der Waals surface area contributed by atoms with Gasteiger partial charge in [0.15, 0.2) is 0 Å². The van der Waals surface area contributed by atoms with Gasteiger partial charge in [0.1, 0.15) is 17.7 Å². The number of carbonyl (C=O) groups excluding carboxylic acids is 2. The van der Waals surface area contributed by atoms with Gasteiger partial charge in [0.25, 0.3) is 11.8 Å². The molecule has 0 bridgehead atoms. The first-order chi connectivity index (χ1) is 18.9. The Morgan fingerprint density at radius 3 is 2.38 bits per heavy atom. The Labute approximate surface area is 228 Å². The molecule has 2 N–H and O–H groups in total. The van der Waals surface area contributed by atoms with Crippen molar-refractivity contribution in [3.8, 4) is 0 Å². The number of hydrogen-bond donors (Lipinski definition) is 2. The average molecular weight is 540 g/mol. The van der Waals surface area contributed by atoms with Gasteiger partial charge in [0.05, 0.1) is 33.4 Å². The SMILES string of the molecule is O=C(NC1(c2ccccn2)CC1)c1cc(C(NC(=O)c2coc3ccccc23)c2ccc(F)cc2)ccc1Cl. The second kappa shape index (κ2) is 10.0. The van der Waals surface area contributed by atoms with Crippen LogP contribution in [0.1, 0.15) is 56.4 Å². The quantitative estimate of drug-likeness (QED) is 0.245. The maximum Gasteiger partial charge on any atom is 0.255 e. The van der Waals surface area contributed by atoms with E-state index in [0.717, 1.165) is 18.5 Å². The minimum absolute atomic E-state index is 0.270. The fourth-order valence-corrected chi connectivity index (χ4v) is 4.98. The van der Waals surface area contributed by atoms with E-state index in [-0.39, 0.29) is 22.4 Å². The molecule has 1 saturated carbocycles. The number of halogens is 2. The topological polar surface area (TPSA) is 84.2 Å². The summed E-state index contributed by atoms with van der Waals surface area (Å²) in [5, 5.41) is 7.08. The number of amides is 2. The molecule has 1 atom stereocenters. The molecule has 1 unspecified atom stereocenters. The van der Waals surface area contributed by atoms with Gasteiger partial charge in [0, 0.05) is 11.6 Å². The molecular weight excluding hydrogens is 517 g/mol. The van der Waals surface area contributed by atoms with Crippen molar-refractivity contribution in [2.24, 2.45) is 0 Å². The predicted molar refractivity (Wildman–Crippen MR) is 146 cm³/mol. The average Bonchev–Trinajstić information content (AvgIpc) is 3.61. The molecule has 8 heteroatoms. The monoisotopic (exact) mass is 539 g/mol. The number of nitrogens with zero attached hydrogens (tertiary/aromatic N) is 1. The van der Waals surface area contributed by atoms with E-state index < -0.39 is 17.4 Å². The van der Waals surface area contributed by atoms with Gasteiger partial charge in [-0.2, -0.15) is 0 Å². The molecule has 5 aromatic rings. The number of aromatic nitrogens is 1. The van der Waals surface area contributed by atoms with Crippen molar-refractivity contribution in [1.29, 1.82) is 0 Å². The molecule has 1 fully saturated rings. The summed E-state index contributed by atoms with van der Waals surface area (Å²) in [5.74, 6) is -1.11. The van der Waals surface area contributed by atoms with Gasteiger partial charge in [-0.15, -0.1) is 0 Å². The molecule has 0 radical (unpaired) electrons. The Balaban J connectivity index is 1.33. The fourth-order valence-electron chi connectivity index (χ4n) is 4.77. The Kier molecular flexibility index (Phi) is 6.37. The molecule has 3 aromatic carbocycles. The van der Waals surface area contributed by atoms with Crippen LogP contribution in [0.2, 0.25) is 5.02 Å². The number of hydrogen-bond acceptors (Lipinski definition) is 4. The number of pyridine rings is 1. The highest BCUT2D eigenvalue weighted by atomic mass is 35.5. The van der Waals surface area contributed by atoms with Crippen LogP contribution in [-0.4, -0.2) is 16.8 Å². The van der Waals surface area contributed by atoms with Crippen LogP contribution in [0.3, 0.4) is 0 Å². The molecule has 1 aliphatic carbocycles. The van der Waals surface area contributed by atoms with Crippen LogP contribution < -0.4 is 10.6 Å². The smallest absolute Gasteiger partial charge is 0.255 e. The van der Waals surface area contributed by atoms with Gasteiger partial charge in [0.2, 0.25) is 0 Å². The maximum absolute atomic E-state index is 13.8. The van der Waals surface area contributed by atoms with Crippen molar-refractivity contribution in [3.05, 3.63) is 136 Å². The number of fused-ring (bicyclic) bond motifs is 1. The molecule has 1 aliphatic rings. The molecular formula is C31H23ClFN3O3. The lowest BCUT2D eigenvalue weighted by Crippen LogP contribution is -2.36. The minimum Gasteiger partial charge on any atom is -0.463 e. The van der Waals surface area contributed by atoms with E-state index >= 15 is 0 Å². The van der Waals surface area contributed by atoms with E-state index in [1.165, 1.54) is 18.4 Å². The summed E-state index contributed by atoms with van der Waals surface area (Å²) in [6.07, 6.45) is 4.67. The molecule has 6 nitrogen and oxygen atoms in total. The normalized spacial score (nSPS) is 14.5. The summed E-state index contributed by atoms with van der Waals surface area (Å²) in [5.41, 5.74) is 2.76. The van der Waals surface area contributed by atoms with E-state index in [1.54, 1.807) is 48.7 Å². The summed E-state index contributed by atoms with van der Waals surface area (Å²) in [7, 11) is 0. The van der Waals surface area contributed by atoms with E-state index in [2.05, 4.69) is 15.6 Å². The Morgan fingerprint density at radius 2 is 1.64 bits per heavy atom. The zero-order valence-corrected chi connectivity index (χ0v) is 21.4. The van der Waals surface area contributed by atoms with Crippen molar-refractivity contribution < 1.29 is 18.4 Å². The standard InChI is InChI=1S/C31H23ClFN3O3/c32-25-13-10-20(17-23(25)30(38)36-31(14-15-31)27-7-3-4-16-34-27)28(19-8-11-21(33)12-9-19)35-29(37)24-18-39-26-6-2-1-5-22(24)26/h1-13,16-18,28H,14-15H2,(H,35,37)(H,36,38). The Hall–Kier alpha value is -4.49. The highest BCUT2D eigenvalue weighted by molar-refractivity contribution is 6.33. The van der Waals surface area contributed by atoms with Gasteiger partial charge in [-0.05, 0) is 66.4 Å². The van der Waals surface area contributed by atoms with Crippen molar-refractivity contribution >= 4 is 34.4 Å². The number of para-hydroxylation sites is 1. The first kappa shape index (κ1) is 24.8. The summed E-state index contributed by atoms with van der Waals surface area (Å²) in [4.78, 5) is 31.3. The fraction of sp³-hybridized carbons (Fsp3) is 0.129. The first-order valence-electron chi connectivity index (χ1n) is 12.5. The molecule has 2 aromatic heterocycles. The molecule has 6 rings (SSSR count). The third-order valence-corrected chi connectivity index (χ3v) is 7.36. The van der Waals surface area contributed by atoms with Gasteiger partial charge in [-0.3, -0.25) is 14.6 Å². The van der Waals surface area contributed by atoms with Crippen LogP contribution in [0.25, 0.3) is 11.0 Å². The Bertz CT molecular complexity index is 1680. The van der Waals surface area contributed by atoms with Gasteiger partial charge >= 0.3 is 0 Å². The summed E-state index contributed by atoms with van der Waals surface area (Å²) < 4.78 is 19.3. The van der Waals surface area contributed by atoms with Gasteiger partial charge in [-0.25, -0.2) is 4.39 Å². The first-order valence-corrected chi connectivity index (χ1v) is 12.9. The number of benzene rings is 3. The van der Waals surface area contributed by atoms with Crippen LogP contribution in [-0.2, 0) is 5.54 Å². The molecule has 0 spiro atoms. The lowest BCUT2D eigenvalue weighted by molar-refractivity contribution is 0.0927. The lowest BCUT2D eigenvalue weighted by atomic mass is 9.96. The minimum atomic E-state index is -0.693. The van der Waals surface area contributed by atoms with Gasteiger partial charge in [-0.1, -0.05) is 54.1 Å². The molecule has 39 heavy (non-hydrogen) atoms. The number of furan rings is 1. The van der Waals surface area contributed by atoms with Crippen molar-refractivity contribution in [2.45, 2.75) is 24.4 Å². The highest BCUT2D eigenvalue weighted by Gasteiger charge is 2.47. The molecule has 2 heterocycles. The summed E-state index contributed by atoms with van der Waals surface area (Å²) >= 11 is 6.48. The van der Waals surface area contributed by atoms with Gasteiger partial charge < -0.3 is 15.1 Å². The molecule has 0 aliphatic heterocycles. The van der Waals surface area contributed by atoms with E-state index in [4.69, 9.17) is 16.0 Å². The number of nitrogens with one attached hydrogen (secondary N) is 2. The van der Waals surface area contributed by atoms with Crippen molar-refractivity contribution in [3.63, 3.8) is 0 Å². The van der Waals surface area contributed by atoms with Crippen LogP contribution in [0.5, 0.6) is 0 Å². The number of rotatable bonds is 7. The van der Waals surface area contributed by atoms with Crippen LogP contribution in [0.15, 0.2) is 102 Å². The summed E-state index contributed by atoms with van der Waals surface area (Å²) in [6.45, 7) is 0. The maximum atomic E-state index is 13.8. The second-order valence-electron chi connectivity index (χ2n) is 9.59. The van der Waals surface area contributed by atoms with Crippen molar-refractivity contribution in [2.75, 3.05) is 0 Å². The third kappa shape index (κ3) is 4.89. The molecule has 2 amide bonds. The van der Waals surface area contributed by atoms with E-state index in [1.807, 2.05) is 30.3 Å². The summed E-state index contributed by atoms with van der Waals surface area (Å²) in [6, 6.07) is 23.1. The molecule has 0 saturated heterocycles. The van der Waals surface area contributed by atoms with E-state index in [0.29, 0.717) is 27.7 Å².